The number of hydrogen-bond acceptors (Lipinski definition) is 3. The molecule has 1 aromatic rings. The van der Waals surface area contributed by atoms with Crippen LogP contribution in [0.2, 0.25) is 0 Å². The van der Waals surface area contributed by atoms with E-state index in [1.165, 1.54) is 0 Å². The first-order chi connectivity index (χ1) is 10.9. The largest absolute Gasteiger partial charge is 0.491 e. The molecule has 1 rings (SSSR count). The Hall–Kier alpha value is -2.24. The molecular formula is C17H27N3O3. The van der Waals surface area contributed by atoms with E-state index >= 15 is 0 Å². The van der Waals surface area contributed by atoms with Crippen LogP contribution in [0.3, 0.4) is 0 Å². The van der Waals surface area contributed by atoms with Gasteiger partial charge in [-0.05, 0) is 44.9 Å². The molecular weight excluding hydrogens is 294 g/mol. The highest BCUT2D eigenvalue weighted by Gasteiger charge is 2.10. The van der Waals surface area contributed by atoms with Crippen molar-refractivity contribution in [2.45, 2.75) is 46.3 Å². The second-order valence-electron chi connectivity index (χ2n) is 5.63. The molecule has 128 valence electrons. The third-order valence-corrected chi connectivity index (χ3v) is 3.08. The van der Waals surface area contributed by atoms with Gasteiger partial charge in [0, 0.05) is 6.54 Å². The average molecular weight is 321 g/mol. The smallest absolute Gasteiger partial charge is 0.315 e. The van der Waals surface area contributed by atoms with Crippen molar-refractivity contribution in [2.24, 2.45) is 0 Å². The van der Waals surface area contributed by atoms with Gasteiger partial charge in [-0.15, -0.1) is 0 Å². The van der Waals surface area contributed by atoms with Gasteiger partial charge in [0.2, 0.25) is 5.91 Å². The zero-order valence-corrected chi connectivity index (χ0v) is 14.3. The van der Waals surface area contributed by atoms with Crippen LogP contribution >= 0.6 is 0 Å². The fourth-order valence-electron chi connectivity index (χ4n) is 1.93. The molecule has 0 saturated heterocycles. The highest BCUT2D eigenvalue weighted by molar-refractivity contribution is 5.83. The van der Waals surface area contributed by atoms with Gasteiger partial charge in [-0.3, -0.25) is 4.79 Å². The Morgan fingerprint density at radius 3 is 2.30 bits per heavy atom. The highest BCUT2D eigenvalue weighted by Crippen LogP contribution is 2.18. The van der Waals surface area contributed by atoms with Crippen LogP contribution in [0.1, 0.15) is 45.7 Å². The van der Waals surface area contributed by atoms with Gasteiger partial charge in [0.25, 0.3) is 0 Å². The summed E-state index contributed by atoms with van der Waals surface area (Å²) in [6.07, 6.45) is 0.993. The monoisotopic (exact) mass is 321 g/mol. The summed E-state index contributed by atoms with van der Waals surface area (Å²) in [5.41, 5.74) is 0.965. The van der Waals surface area contributed by atoms with E-state index < -0.39 is 0 Å². The zero-order valence-electron chi connectivity index (χ0n) is 14.3. The number of urea groups is 1. The Morgan fingerprint density at radius 1 is 1.09 bits per heavy atom. The standard InChI is InChI=1S/C17H27N3O3/c1-5-10-18-16(21)11-19-17(22)20-13(4)14-6-8-15(9-7-14)23-12(2)3/h6-9,12-13H,5,10-11H2,1-4H3,(H,18,21)(H2,19,20,22). The van der Waals surface area contributed by atoms with Crippen molar-refractivity contribution in [1.82, 2.24) is 16.0 Å². The summed E-state index contributed by atoms with van der Waals surface area (Å²) in [5, 5.41) is 8.04. The molecule has 6 nitrogen and oxygen atoms in total. The van der Waals surface area contributed by atoms with Crippen LogP contribution in [-0.4, -0.2) is 31.1 Å². The average Bonchev–Trinajstić information content (AvgIpc) is 2.51. The van der Waals surface area contributed by atoms with E-state index in [1.54, 1.807) is 0 Å². The number of ether oxygens (including phenoxy) is 1. The minimum Gasteiger partial charge on any atom is -0.491 e. The summed E-state index contributed by atoms with van der Waals surface area (Å²) in [5.74, 6) is 0.609. The molecule has 0 saturated carbocycles. The van der Waals surface area contributed by atoms with Crippen molar-refractivity contribution in [3.05, 3.63) is 29.8 Å². The molecule has 0 aliphatic heterocycles. The number of carbonyl (C=O) groups is 2. The molecule has 1 aromatic carbocycles. The maximum Gasteiger partial charge on any atom is 0.315 e. The Kier molecular flexibility index (Phi) is 7.94. The lowest BCUT2D eigenvalue weighted by molar-refractivity contribution is -0.120. The van der Waals surface area contributed by atoms with E-state index in [-0.39, 0.29) is 30.6 Å². The fourth-order valence-corrected chi connectivity index (χ4v) is 1.93. The predicted molar refractivity (Wildman–Crippen MR) is 90.5 cm³/mol. The maximum atomic E-state index is 11.8. The molecule has 0 spiro atoms. The summed E-state index contributed by atoms with van der Waals surface area (Å²) >= 11 is 0. The number of hydrogen-bond donors (Lipinski definition) is 3. The number of nitrogens with one attached hydrogen (secondary N) is 3. The van der Waals surface area contributed by atoms with Crippen LogP contribution in [0, 0.1) is 0 Å². The second-order valence-corrected chi connectivity index (χ2v) is 5.63. The first-order valence-corrected chi connectivity index (χ1v) is 8.00. The molecule has 0 bridgehead atoms. The third kappa shape index (κ3) is 7.54. The minimum absolute atomic E-state index is 0.0281. The molecule has 0 heterocycles. The second kappa shape index (κ2) is 9.71. The van der Waals surface area contributed by atoms with Gasteiger partial charge in [0.1, 0.15) is 5.75 Å². The number of carbonyl (C=O) groups excluding carboxylic acids is 2. The lowest BCUT2D eigenvalue weighted by Gasteiger charge is -2.16. The van der Waals surface area contributed by atoms with Gasteiger partial charge in [-0.2, -0.15) is 0 Å². The normalized spacial score (nSPS) is 11.7. The molecule has 0 aliphatic carbocycles. The van der Waals surface area contributed by atoms with Crippen molar-refractivity contribution < 1.29 is 14.3 Å². The van der Waals surface area contributed by atoms with Crippen LogP contribution in [-0.2, 0) is 4.79 Å². The summed E-state index contributed by atoms with van der Waals surface area (Å²) in [7, 11) is 0. The molecule has 1 unspecified atom stereocenters. The van der Waals surface area contributed by atoms with E-state index in [0.717, 1.165) is 17.7 Å². The minimum atomic E-state index is -0.369. The van der Waals surface area contributed by atoms with Crippen molar-refractivity contribution >= 4 is 11.9 Å². The summed E-state index contributed by atoms with van der Waals surface area (Å²) < 4.78 is 5.58. The molecule has 0 aliphatic rings. The first kappa shape index (κ1) is 18.8. The van der Waals surface area contributed by atoms with Crippen molar-refractivity contribution in [3.8, 4) is 5.75 Å². The lowest BCUT2D eigenvalue weighted by Crippen LogP contribution is -2.42. The van der Waals surface area contributed by atoms with Crippen molar-refractivity contribution in [2.75, 3.05) is 13.1 Å². The van der Waals surface area contributed by atoms with Gasteiger partial charge in [-0.25, -0.2) is 4.79 Å². The van der Waals surface area contributed by atoms with E-state index in [9.17, 15) is 9.59 Å². The van der Waals surface area contributed by atoms with E-state index in [4.69, 9.17) is 4.74 Å². The zero-order chi connectivity index (χ0) is 17.2. The molecule has 6 heteroatoms. The van der Waals surface area contributed by atoms with E-state index in [1.807, 2.05) is 52.0 Å². The van der Waals surface area contributed by atoms with Crippen LogP contribution in [0.15, 0.2) is 24.3 Å². The maximum absolute atomic E-state index is 11.8. The Bertz CT molecular complexity index is 500. The van der Waals surface area contributed by atoms with Crippen LogP contribution in [0.25, 0.3) is 0 Å². The van der Waals surface area contributed by atoms with Gasteiger partial charge >= 0.3 is 6.03 Å². The Morgan fingerprint density at radius 2 is 1.74 bits per heavy atom. The number of benzene rings is 1. The molecule has 0 fully saturated rings. The van der Waals surface area contributed by atoms with Crippen LogP contribution < -0.4 is 20.7 Å². The molecule has 23 heavy (non-hydrogen) atoms. The van der Waals surface area contributed by atoms with Crippen LogP contribution in [0.4, 0.5) is 4.79 Å². The molecule has 0 radical (unpaired) electrons. The summed E-state index contributed by atoms with van der Waals surface area (Å²) in [4.78, 5) is 23.2. The third-order valence-electron chi connectivity index (χ3n) is 3.08. The van der Waals surface area contributed by atoms with E-state index in [2.05, 4.69) is 16.0 Å². The predicted octanol–water partition coefficient (Wildman–Crippen LogP) is 2.36. The van der Waals surface area contributed by atoms with E-state index in [0.29, 0.717) is 6.54 Å². The number of amides is 3. The topological polar surface area (TPSA) is 79.5 Å². The number of rotatable bonds is 8. The van der Waals surface area contributed by atoms with Crippen molar-refractivity contribution in [1.29, 1.82) is 0 Å². The van der Waals surface area contributed by atoms with Gasteiger partial charge in [0.15, 0.2) is 0 Å². The van der Waals surface area contributed by atoms with Gasteiger partial charge < -0.3 is 20.7 Å². The van der Waals surface area contributed by atoms with Crippen LogP contribution in [0.5, 0.6) is 5.75 Å². The highest BCUT2D eigenvalue weighted by atomic mass is 16.5. The van der Waals surface area contributed by atoms with Gasteiger partial charge in [0.05, 0.1) is 18.7 Å². The SMILES string of the molecule is CCCNC(=O)CNC(=O)NC(C)c1ccc(OC(C)C)cc1. The molecule has 0 aromatic heterocycles. The Balaban J connectivity index is 2.41. The quantitative estimate of drug-likeness (QED) is 0.687. The summed E-state index contributed by atoms with van der Waals surface area (Å²) in [6.45, 7) is 8.38. The molecule has 1 atom stereocenters. The van der Waals surface area contributed by atoms with Gasteiger partial charge in [-0.1, -0.05) is 19.1 Å². The summed E-state index contributed by atoms with van der Waals surface area (Å²) in [6, 6.07) is 7.05. The molecule has 3 N–H and O–H groups in total. The molecule has 3 amide bonds. The first-order valence-electron chi connectivity index (χ1n) is 8.00. The Labute approximate surface area is 138 Å². The lowest BCUT2D eigenvalue weighted by atomic mass is 10.1. The fraction of sp³-hybridized carbons (Fsp3) is 0.529. The van der Waals surface area contributed by atoms with Crippen molar-refractivity contribution in [3.63, 3.8) is 0 Å².